The molecular weight excluding hydrogens is 626 g/mol. The Morgan fingerprint density at radius 2 is 2.07 bits per heavy atom. The lowest BCUT2D eigenvalue weighted by Crippen LogP contribution is -2.38. The smallest absolute Gasteiger partial charge is 0.340 e. The molecule has 1 aliphatic heterocycles. The standard InChI is InChI=1S/C24H23F3N4O6S4/c1-29-19(22-28-11-17(39-22)13-30-8-7-15(12-30)14-40(33)34)10-16-4-2-5-18(21(16)29)31(37-23(32)24(25,26)27)41(35,36)20-6-3-9-38-20/h2-6,9-11,15H,7-8,12-14H2,1H3,(H,33,34). The number of rotatable bonds is 9. The summed E-state index contributed by atoms with van der Waals surface area (Å²) in [6, 6.07) is 8.72. The predicted octanol–water partition coefficient (Wildman–Crippen LogP) is 4.62. The maximum Gasteiger partial charge on any atom is 0.493 e. The Kier molecular flexibility index (Phi) is 8.28. The van der Waals surface area contributed by atoms with Crippen LogP contribution in [0.2, 0.25) is 0 Å². The fourth-order valence-electron chi connectivity index (χ4n) is 4.71. The molecule has 220 valence electrons. The van der Waals surface area contributed by atoms with Crippen LogP contribution < -0.4 is 4.47 Å². The van der Waals surface area contributed by atoms with E-state index in [4.69, 9.17) is 4.55 Å². The van der Waals surface area contributed by atoms with E-state index >= 15 is 0 Å². The van der Waals surface area contributed by atoms with Gasteiger partial charge in [0.05, 0.1) is 17.0 Å². The minimum Gasteiger partial charge on any atom is -0.340 e. The molecule has 0 saturated carbocycles. The van der Waals surface area contributed by atoms with Crippen molar-refractivity contribution in [2.24, 2.45) is 13.0 Å². The summed E-state index contributed by atoms with van der Waals surface area (Å²) in [6.45, 7) is 2.08. The number of hydrogen-bond acceptors (Lipinski definition) is 9. The summed E-state index contributed by atoms with van der Waals surface area (Å²) < 4.78 is 87.9. The second-order valence-corrected chi connectivity index (χ2v) is 14.4. The van der Waals surface area contributed by atoms with Crippen LogP contribution in [0.5, 0.6) is 0 Å². The Labute approximate surface area is 243 Å². The van der Waals surface area contributed by atoms with Crippen LogP contribution >= 0.6 is 22.7 Å². The molecule has 2 atom stereocenters. The summed E-state index contributed by atoms with van der Waals surface area (Å²) in [5.74, 6) is -2.30. The maximum absolute atomic E-state index is 13.4. The van der Waals surface area contributed by atoms with Gasteiger partial charge in [0.25, 0.3) is 0 Å². The number of alkyl halides is 3. The van der Waals surface area contributed by atoms with Crippen molar-refractivity contribution in [2.75, 3.05) is 23.3 Å². The average Bonchev–Trinajstić information content (AvgIpc) is 3.70. The highest BCUT2D eigenvalue weighted by molar-refractivity contribution is 7.94. The van der Waals surface area contributed by atoms with Gasteiger partial charge in [-0.2, -0.15) is 21.6 Å². The Hall–Kier alpha value is -2.83. The summed E-state index contributed by atoms with van der Waals surface area (Å²) >= 11 is 0.331. The van der Waals surface area contributed by atoms with Crippen LogP contribution in [0.3, 0.4) is 0 Å². The summed E-state index contributed by atoms with van der Waals surface area (Å²) in [5.41, 5.74) is 0.520. The van der Waals surface area contributed by atoms with E-state index in [1.54, 1.807) is 29.9 Å². The zero-order valence-corrected chi connectivity index (χ0v) is 24.5. The van der Waals surface area contributed by atoms with Gasteiger partial charge in [0.15, 0.2) is 11.1 Å². The Bertz CT molecular complexity index is 1700. The molecule has 5 rings (SSSR count). The van der Waals surface area contributed by atoms with E-state index in [1.807, 2.05) is 0 Å². The zero-order chi connectivity index (χ0) is 29.5. The Morgan fingerprint density at radius 1 is 1.29 bits per heavy atom. The van der Waals surface area contributed by atoms with E-state index in [9.17, 15) is 30.6 Å². The third kappa shape index (κ3) is 6.19. The van der Waals surface area contributed by atoms with Crippen molar-refractivity contribution in [3.63, 3.8) is 0 Å². The lowest BCUT2D eigenvalue weighted by Gasteiger charge is -2.23. The Morgan fingerprint density at radius 3 is 2.76 bits per heavy atom. The molecule has 17 heteroatoms. The number of fused-ring (bicyclic) bond motifs is 1. The lowest BCUT2D eigenvalue weighted by molar-refractivity contribution is -0.199. The molecule has 4 heterocycles. The first kappa shape index (κ1) is 29.7. The molecule has 1 aromatic carbocycles. The molecule has 4 aromatic rings. The third-order valence-corrected chi connectivity index (χ3v) is 11.2. The summed E-state index contributed by atoms with van der Waals surface area (Å²) in [5, 5.41) is 2.52. The molecule has 3 aromatic heterocycles. The van der Waals surface area contributed by atoms with E-state index < -0.39 is 33.2 Å². The molecule has 1 saturated heterocycles. The van der Waals surface area contributed by atoms with Crippen LogP contribution in [-0.2, 0) is 44.3 Å². The van der Waals surface area contributed by atoms with Gasteiger partial charge in [-0.3, -0.25) is 4.90 Å². The summed E-state index contributed by atoms with van der Waals surface area (Å²) in [4.78, 5) is 24.0. The van der Waals surface area contributed by atoms with Crippen LogP contribution in [0.25, 0.3) is 21.6 Å². The first-order valence-corrected chi connectivity index (χ1v) is 16.5. The van der Waals surface area contributed by atoms with Crippen molar-refractivity contribution in [2.45, 2.75) is 23.4 Å². The number of para-hydroxylation sites is 1. The number of anilines is 1. The van der Waals surface area contributed by atoms with Crippen molar-refractivity contribution in [3.8, 4) is 10.7 Å². The normalized spacial score (nSPS) is 17.2. The number of nitrogens with zero attached hydrogens (tertiary/aromatic N) is 4. The van der Waals surface area contributed by atoms with Gasteiger partial charge in [-0.1, -0.05) is 22.7 Å². The van der Waals surface area contributed by atoms with Crippen molar-refractivity contribution >= 4 is 66.3 Å². The molecule has 0 bridgehead atoms. The highest BCUT2D eigenvalue weighted by Crippen LogP contribution is 2.38. The topological polar surface area (TPSA) is 122 Å². The van der Waals surface area contributed by atoms with Gasteiger partial charge < -0.3 is 14.0 Å². The van der Waals surface area contributed by atoms with Gasteiger partial charge in [0.1, 0.15) is 14.9 Å². The second-order valence-electron chi connectivity index (χ2n) is 9.35. The lowest BCUT2D eigenvalue weighted by atomic mass is 10.2. The highest BCUT2D eigenvalue weighted by atomic mass is 32.2. The van der Waals surface area contributed by atoms with Crippen LogP contribution in [0.4, 0.5) is 18.9 Å². The molecule has 0 amide bonds. The molecule has 2 unspecified atom stereocenters. The molecule has 0 radical (unpaired) electrons. The van der Waals surface area contributed by atoms with Gasteiger partial charge in [-0.05, 0) is 42.5 Å². The third-order valence-electron chi connectivity index (χ3n) is 6.50. The van der Waals surface area contributed by atoms with E-state index in [2.05, 4.69) is 14.7 Å². The molecule has 1 N–H and O–H groups in total. The van der Waals surface area contributed by atoms with Gasteiger partial charge in [-0.25, -0.2) is 14.0 Å². The number of aromatic nitrogens is 2. The minimum absolute atomic E-state index is 0.0251. The first-order chi connectivity index (χ1) is 19.3. The quantitative estimate of drug-likeness (QED) is 0.206. The van der Waals surface area contributed by atoms with E-state index in [0.717, 1.165) is 29.2 Å². The van der Waals surface area contributed by atoms with Gasteiger partial charge in [0.2, 0.25) is 0 Å². The number of benzene rings is 1. The van der Waals surface area contributed by atoms with Crippen molar-refractivity contribution in [3.05, 3.63) is 52.9 Å². The SMILES string of the molecule is Cn1c(-c2ncc(CN3CCC(CS(=O)O)C3)s2)cc2cccc(N(OC(=O)C(F)(F)F)S(=O)(=O)c3cccs3)c21. The summed E-state index contributed by atoms with van der Waals surface area (Å²) in [7, 11) is -3.09. The predicted molar refractivity (Wildman–Crippen MR) is 149 cm³/mol. The zero-order valence-electron chi connectivity index (χ0n) is 21.3. The number of carbonyl (C=O) groups excluding carboxylic acids is 1. The average molecular weight is 649 g/mol. The fourth-order valence-corrected chi connectivity index (χ4v) is 8.68. The molecule has 10 nitrogen and oxygen atoms in total. The monoisotopic (exact) mass is 648 g/mol. The van der Waals surface area contributed by atoms with Gasteiger partial charge in [0, 0.05) is 36.6 Å². The molecule has 1 aliphatic rings. The van der Waals surface area contributed by atoms with E-state index in [1.165, 1.54) is 41.0 Å². The van der Waals surface area contributed by atoms with Crippen LogP contribution in [0.1, 0.15) is 11.3 Å². The number of hydrogen-bond donors (Lipinski definition) is 1. The molecule has 41 heavy (non-hydrogen) atoms. The number of likely N-dealkylation sites (tertiary alicyclic amines) is 1. The van der Waals surface area contributed by atoms with Crippen LogP contribution in [-0.4, -0.2) is 62.6 Å². The van der Waals surface area contributed by atoms with Crippen LogP contribution in [0.15, 0.2) is 52.2 Å². The largest absolute Gasteiger partial charge is 0.493 e. The molecule has 0 aliphatic carbocycles. The first-order valence-electron chi connectivity index (χ1n) is 12.1. The molecule has 0 spiro atoms. The number of thiophene rings is 1. The van der Waals surface area contributed by atoms with E-state index in [0.29, 0.717) is 29.2 Å². The number of aryl methyl sites for hydroxylation is 1. The van der Waals surface area contributed by atoms with Crippen LogP contribution in [0, 0.1) is 5.92 Å². The van der Waals surface area contributed by atoms with Gasteiger partial charge in [-0.15, -0.1) is 22.7 Å². The number of carbonyl (C=O) groups is 1. The Balaban J connectivity index is 1.49. The molecule has 1 fully saturated rings. The minimum atomic E-state index is -5.43. The van der Waals surface area contributed by atoms with Gasteiger partial charge >= 0.3 is 22.2 Å². The summed E-state index contributed by atoms with van der Waals surface area (Å²) in [6.07, 6.45) is -2.89. The van der Waals surface area contributed by atoms with E-state index in [-0.39, 0.29) is 31.6 Å². The fraction of sp³-hybridized carbons (Fsp3) is 0.333. The second kappa shape index (κ2) is 11.4. The number of sulfonamides is 1. The highest BCUT2D eigenvalue weighted by Gasteiger charge is 2.45. The molecular formula is C24H23F3N4O6S4. The van der Waals surface area contributed by atoms with Crippen molar-refractivity contribution < 1.29 is 40.0 Å². The number of halogens is 3. The van der Waals surface area contributed by atoms with Crippen molar-refractivity contribution in [1.29, 1.82) is 0 Å². The maximum atomic E-state index is 13.4. The van der Waals surface area contributed by atoms with Crippen molar-refractivity contribution in [1.82, 2.24) is 14.5 Å². The number of thiazole rings is 1.